The fourth-order valence-corrected chi connectivity index (χ4v) is 2.20. The lowest BCUT2D eigenvalue weighted by Gasteiger charge is -2.28. The van der Waals surface area contributed by atoms with Crippen LogP contribution < -0.4 is 11.1 Å². The molecule has 0 saturated heterocycles. The average molecular weight is 237 g/mol. The fraction of sp³-hybridized carbons (Fsp3) is 0.455. The second kappa shape index (κ2) is 4.48. The third kappa shape index (κ3) is 2.11. The monoisotopic (exact) mass is 237 g/mol. The molecule has 17 heavy (non-hydrogen) atoms. The second-order valence-electron chi connectivity index (χ2n) is 4.24. The highest BCUT2D eigenvalue weighted by molar-refractivity contribution is 6.00. The van der Waals surface area contributed by atoms with Crippen LogP contribution >= 0.6 is 0 Å². The number of carbonyl (C=O) groups excluding carboxylic acids is 1. The predicted octanol–water partition coefficient (Wildman–Crippen LogP) is 1.07. The van der Waals surface area contributed by atoms with E-state index >= 15 is 0 Å². The number of nitrogens with one attached hydrogen (secondary N) is 1. The molecule has 0 atom stereocenters. The molecule has 0 spiro atoms. The van der Waals surface area contributed by atoms with Crippen molar-refractivity contribution in [2.75, 3.05) is 0 Å². The van der Waals surface area contributed by atoms with E-state index in [4.69, 9.17) is 15.4 Å². The summed E-state index contributed by atoms with van der Waals surface area (Å²) in [7, 11) is 0. The first-order chi connectivity index (χ1) is 8.18. The lowest BCUT2D eigenvalue weighted by Crippen LogP contribution is -2.55. The first-order valence-electron chi connectivity index (χ1n) is 5.51. The zero-order chi connectivity index (χ0) is 12.3. The molecular formula is C11H15N3O3. The highest BCUT2D eigenvalue weighted by Crippen LogP contribution is 2.30. The summed E-state index contributed by atoms with van der Waals surface area (Å²) in [5, 5.41) is 14.7. The number of rotatable bonds is 3. The van der Waals surface area contributed by atoms with Gasteiger partial charge in [-0.2, -0.15) is 0 Å². The van der Waals surface area contributed by atoms with E-state index in [0.29, 0.717) is 18.4 Å². The van der Waals surface area contributed by atoms with Crippen molar-refractivity contribution in [2.45, 2.75) is 31.2 Å². The van der Waals surface area contributed by atoms with Crippen molar-refractivity contribution in [3.63, 3.8) is 0 Å². The summed E-state index contributed by atoms with van der Waals surface area (Å²) in [6.07, 6.45) is 6.06. The van der Waals surface area contributed by atoms with Gasteiger partial charge in [0.25, 0.3) is 5.91 Å². The molecule has 2 rings (SSSR count). The Balaban J connectivity index is 2.17. The summed E-state index contributed by atoms with van der Waals surface area (Å²) >= 11 is 0. The molecule has 1 aromatic heterocycles. The van der Waals surface area contributed by atoms with Crippen molar-refractivity contribution in [2.24, 2.45) is 10.9 Å². The molecule has 1 fully saturated rings. The Morgan fingerprint density at radius 1 is 1.53 bits per heavy atom. The number of carbonyl (C=O) groups is 1. The number of amides is 1. The minimum absolute atomic E-state index is 0.0619. The molecule has 0 aliphatic heterocycles. The molecule has 0 unspecified atom stereocenters. The molecule has 1 amide bonds. The fourth-order valence-electron chi connectivity index (χ4n) is 2.20. The molecule has 4 N–H and O–H groups in total. The number of amidine groups is 1. The Bertz CT molecular complexity index is 419. The van der Waals surface area contributed by atoms with Crippen LogP contribution in [-0.2, 0) is 0 Å². The van der Waals surface area contributed by atoms with Gasteiger partial charge >= 0.3 is 0 Å². The molecule has 1 aromatic rings. The number of oxime groups is 1. The van der Waals surface area contributed by atoms with Crippen LogP contribution in [0.2, 0.25) is 0 Å². The Hall–Kier alpha value is -1.98. The summed E-state index contributed by atoms with van der Waals surface area (Å²) in [6, 6.07) is 1.57. The Morgan fingerprint density at radius 3 is 2.76 bits per heavy atom. The number of nitrogens with two attached hydrogens (primary N) is 1. The van der Waals surface area contributed by atoms with Gasteiger partial charge in [-0.1, -0.05) is 18.0 Å². The maximum atomic E-state index is 11.9. The summed E-state index contributed by atoms with van der Waals surface area (Å²) in [6.45, 7) is 0. The number of furan rings is 1. The van der Waals surface area contributed by atoms with Crippen LogP contribution in [0.25, 0.3) is 0 Å². The Kier molecular flexibility index (Phi) is 3.03. The molecule has 6 heteroatoms. The molecule has 1 aliphatic carbocycles. The molecule has 92 valence electrons. The SMILES string of the molecule is N/C(=N/O)C1(NC(=O)c2ccoc2)CCCC1. The lowest BCUT2D eigenvalue weighted by atomic mass is 9.95. The molecule has 0 aromatic carbocycles. The largest absolute Gasteiger partial charge is 0.472 e. The van der Waals surface area contributed by atoms with Crippen molar-refractivity contribution < 1.29 is 14.4 Å². The van der Waals surface area contributed by atoms with Crippen LogP contribution in [0.15, 0.2) is 28.2 Å². The van der Waals surface area contributed by atoms with Crippen molar-refractivity contribution in [3.8, 4) is 0 Å². The van der Waals surface area contributed by atoms with Gasteiger partial charge in [0.05, 0.1) is 11.8 Å². The van der Waals surface area contributed by atoms with E-state index in [2.05, 4.69) is 10.5 Å². The van der Waals surface area contributed by atoms with Gasteiger partial charge in [-0.15, -0.1) is 0 Å². The van der Waals surface area contributed by atoms with Crippen molar-refractivity contribution >= 4 is 11.7 Å². The molecule has 1 aliphatic rings. The zero-order valence-electron chi connectivity index (χ0n) is 9.35. The van der Waals surface area contributed by atoms with E-state index in [1.165, 1.54) is 12.5 Å². The molecule has 1 heterocycles. The molecular weight excluding hydrogens is 222 g/mol. The van der Waals surface area contributed by atoms with Crippen molar-refractivity contribution in [3.05, 3.63) is 24.2 Å². The maximum Gasteiger partial charge on any atom is 0.255 e. The highest BCUT2D eigenvalue weighted by Gasteiger charge is 2.40. The van der Waals surface area contributed by atoms with Crippen LogP contribution in [0.3, 0.4) is 0 Å². The summed E-state index contributed by atoms with van der Waals surface area (Å²) in [5.74, 6) is -0.209. The van der Waals surface area contributed by atoms with E-state index in [1.807, 2.05) is 0 Å². The Labute approximate surface area is 98.5 Å². The van der Waals surface area contributed by atoms with E-state index in [1.54, 1.807) is 6.07 Å². The molecule has 1 saturated carbocycles. The van der Waals surface area contributed by atoms with Gasteiger partial charge in [0, 0.05) is 0 Å². The number of hydrogen-bond acceptors (Lipinski definition) is 4. The van der Waals surface area contributed by atoms with Gasteiger partial charge in [-0.05, 0) is 18.9 Å². The molecule has 6 nitrogen and oxygen atoms in total. The van der Waals surface area contributed by atoms with Crippen LogP contribution in [0.1, 0.15) is 36.0 Å². The van der Waals surface area contributed by atoms with E-state index in [-0.39, 0.29) is 11.7 Å². The van der Waals surface area contributed by atoms with Gasteiger partial charge in [0.1, 0.15) is 11.8 Å². The average Bonchev–Trinajstić information content (AvgIpc) is 2.99. The summed E-state index contributed by atoms with van der Waals surface area (Å²) in [4.78, 5) is 11.9. The second-order valence-corrected chi connectivity index (χ2v) is 4.24. The minimum Gasteiger partial charge on any atom is -0.472 e. The smallest absolute Gasteiger partial charge is 0.255 e. The summed E-state index contributed by atoms with van der Waals surface area (Å²) < 4.78 is 4.85. The lowest BCUT2D eigenvalue weighted by molar-refractivity contribution is 0.0922. The van der Waals surface area contributed by atoms with Gasteiger partial charge in [0.2, 0.25) is 0 Å². The topological polar surface area (TPSA) is 101 Å². The molecule has 0 radical (unpaired) electrons. The quantitative estimate of drug-likeness (QED) is 0.317. The third-order valence-corrected chi connectivity index (χ3v) is 3.19. The Morgan fingerprint density at radius 2 is 2.24 bits per heavy atom. The number of nitrogens with zero attached hydrogens (tertiary/aromatic N) is 1. The maximum absolute atomic E-state index is 11.9. The summed E-state index contributed by atoms with van der Waals surface area (Å²) in [5.41, 5.74) is 5.39. The van der Waals surface area contributed by atoms with Crippen molar-refractivity contribution in [1.29, 1.82) is 0 Å². The van der Waals surface area contributed by atoms with E-state index in [0.717, 1.165) is 12.8 Å². The van der Waals surface area contributed by atoms with Gasteiger partial charge < -0.3 is 20.7 Å². The van der Waals surface area contributed by atoms with Gasteiger partial charge in [0.15, 0.2) is 5.84 Å². The van der Waals surface area contributed by atoms with Gasteiger partial charge in [-0.3, -0.25) is 4.79 Å². The van der Waals surface area contributed by atoms with Crippen LogP contribution in [0.5, 0.6) is 0 Å². The van der Waals surface area contributed by atoms with E-state index in [9.17, 15) is 4.79 Å². The van der Waals surface area contributed by atoms with Crippen LogP contribution in [0.4, 0.5) is 0 Å². The minimum atomic E-state index is -0.719. The number of hydrogen-bond donors (Lipinski definition) is 3. The van der Waals surface area contributed by atoms with E-state index < -0.39 is 5.54 Å². The van der Waals surface area contributed by atoms with Crippen molar-refractivity contribution in [1.82, 2.24) is 5.32 Å². The first-order valence-corrected chi connectivity index (χ1v) is 5.51. The molecule has 0 bridgehead atoms. The zero-order valence-corrected chi connectivity index (χ0v) is 9.35. The predicted molar refractivity (Wildman–Crippen MR) is 60.8 cm³/mol. The normalized spacial score (nSPS) is 19.2. The van der Waals surface area contributed by atoms with Crippen LogP contribution in [0, 0.1) is 0 Å². The van der Waals surface area contributed by atoms with Crippen LogP contribution in [-0.4, -0.2) is 22.5 Å². The standard InChI is InChI=1S/C11H15N3O3/c12-10(14-16)11(4-1-2-5-11)13-9(15)8-3-6-17-7-8/h3,6-7,16H,1-2,4-5H2,(H2,12,14)(H,13,15). The van der Waals surface area contributed by atoms with Gasteiger partial charge in [-0.25, -0.2) is 0 Å². The third-order valence-electron chi connectivity index (χ3n) is 3.19. The highest BCUT2D eigenvalue weighted by atomic mass is 16.4. The first kappa shape index (κ1) is 11.5.